The number of aromatic nitrogens is 2. The molecule has 1 aliphatic carbocycles. The van der Waals surface area contributed by atoms with Crippen LogP contribution in [0.4, 0.5) is 0 Å². The van der Waals surface area contributed by atoms with Gasteiger partial charge in [-0.3, -0.25) is 9.97 Å². The summed E-state index contributed by atoms with van der Waals surface area (Å²) in [6, 6.07) is 7.66. The van der Waals surface area contributed by atoms with Gasteiger partial charge in [-0.05, 0) is 43.5 Å². The van der Waals surface area contributed by atoms with Crippen molar-refractivity contribution in [3.63, 3.8) is 0 Å². The van der Waals surface area contributed by atoms with Crippen molar-refractivity contribution in [1.29, 1.82) is 0 Å². The van der Waals surface area contributed by atoms with Crippen molar-refractivity contribution in [2.75, 3.05) is 0 Å². The van der Waals surface area contributed by atoms with Crippen molar-refractivity contribution in [2.24, 2.45) is 0 Å². The standard InChI is InChI=1S/C8H6N2.C5H8/c1-3-7-8(9-5-1)4-2-6-10-7;1-2-4-5-3-1/h1-6H;1-2H,3-5H2. The van der Waals surface area contributed by atoms with Crippen molar-refractivity contribution in [3.05, 3.63) is 48.8 Å². The van der Waals surface area contributed by atoms with Crippen LogP contribution in [0.5, 0.6) is 0 Å². The molecule has 2 aromatic rings. The van der Waals surface area contributed by atoms with E-state index in [0.29, 0.717) is 0 Å². The molecule has 3 rings (SSSR count). The van der Waals surface area contributed by atoms with Crippen LogP contribution in [0.25, 0.3) is 11.0 Å². The Balaban J connectivity index is 0.000000144. The maximum absolute atomic E-state index is 4.12. The van der Waals surface area contributed by atoms with Crippen molar-refractivity contribution in [1.82, 2.24) is 9.97 Å². The quantitative estimate of drug-likeness (QED) is 0.606. The Labute approximate surface area is 89.7 Å². The molecule has 0 radical (unpaired) electrons. The highest BCUT2D eigenvalue weighted by atomic mass is 14.7. The van der Waals surface area contributed by atoms with Gasteiger partial charge in [-0.1, -0.05) is 12.2 Å². The van der Waals surface area contributed by atoms with Crippen molar-refractivity contribution >= 4 is 11.0 Å². The van der Waals surface area contributed by atoms with E-state index < -0.39 is 0 Å². The Morgan fingerprint density at radius 2 is 1.33 bits per heavy atom. The number of hydrogen-bond donors (Lipinski definition) is 0. The van der Waals surface area contributed by atoms with E-state index in [-0.39, 0.29) is 0 Å². The molecule has 0 aliphatic heterocycles. The van der Waals surface area contributed by atoms with E-state index in [1.54, 1.807) is 12.4 Å². The van der Waals surface area contributed by atoms with Crippen LogP contribution in [-0.4, -0.2) is 9.97 Å². The first-order chi connectivity index (χ1) is 7.47. The second-order valence-corrected chi connectivity index (χ2v) is 3.45. The number of allylic oxidation sites excluding steroid dienone is 2. The number of rotatable bonds is 0. The molecule has 0 N–H and O–H groups in total. The predicted molar refractivity (Wildman–Crippen MR) is 62.5 cm³/mol. The van der Waals surface area contributed by atoms with E-state index in [0.717, 1.165) is 11.0 Å². The van der Waals surface area contributed by atoms with Gasteiger partial charge in [0.1, 0.15) is 0 Å². The molecule has 0 saturated carbocycles. The molecule has 2 heteroatoms. The van der Waals surface area contributed by atoms with Crippen LogP contribution in [0, 0.1) is 0 Å². The van der Waals surface area contributed by atoms with E-state index in [1.807, 2.05) is 24.3 Å². The highest BCUT2D eigenvalue weighted by molar-refractivity contribution is 5.72. The summed E-state index contributed by atoms with van der Waals surface area (Å²) in [5.74, 6) is 0. The van der Waals surface area contributed by atoms with Gasteiger partial charge in [-0.15, -0.1) is 0 Å². The molecule has 0 fully saturated rings. The zero-order chi connectivity index (χ0) is 10.3. The number of pyridine rings is 2. The van der Waals surface area contributed by atoms with E-state index in [4.69, 9.17) is 0 Å². The van der Waals surface area contributed by atoms with Crippen LogP contribution in [0.3, 0.4) is 0 Å². The largest absolute Gasteiger partial charge is 0.255 e. The van der Waals surface area contributed by atoms with Gasteiger partial charge in [0.15, 0.2) is 0 Å². The maximum atomic E-state index is 4.12. The van der Waals surface area contributed by atoms with E-state index in [1.165, 1.54) is 19.3 Å². The zero-order valence-corrected chi connectivity index (χ0v) is 8.63. The van der Waals surface area contributed by atoms with Crippen LogP contribution in [-0.2, 0) is 0 Å². The Hall–Kier alpha value is -1.70. The Bertz CT molecular complexity index is 377. The summed E-state index contributed by atoms with van der Waals surface area (Å²) in [7, 11) is 0. The van der Waals surface area contributed by atoms with Gasteiger partial charge in [0.2, 0.25) is 0 Å². The van der Waals surface area contributed by atoms with E-state index in [2.05, 4.69) is 22.1 Å². The molecule has 1 aliphatic rings. The molecule has 0 saturated heterocycles. The predicted octanol–water partition coefficient (Wildman–Crippen LogP) is 3.36. The Kier molecular flexibility index (Phi) is 3.44. The van der Waals surface area contributed by atoms with Crippen molar-refractivity contribution in [3.8, 4) is 0 Å². The lowest BCUT2D eigenvalue weighted by molar-refractivity contribution is 0.929. The van der Waals surface area contributed by atoms with Gasteiger partial charge in [0.25, 0.3) is 0 Å². The van der Waals surface area contributed by atoms with Gasteiger partial charge >= 0.3 is 0 Å². The SMILES string of the molecule is C1=CCCC1.c1cnc2cccnc2c1. The Morgan fingerprint density at radius 3 is 1.73 bits per heavy atom. The summed E-state index contributed by atoms with van der Waals surface area (Å²) in [6.45, 7) is 0. The first-order valence-electron chi connectivity index (χ1n) is 5.27. The maximum Gasteiger partial charge on any atom is 0.0886 e. The molecular formula is C13H14N2. The Morgan fingerprint density at radius 1 is 0.800 bits per heavy atom. The normalized spacial score (nSPS) is 13.6. The molecule has 2 nitrogen and oxygen atoms in total. The number of nitrogens with zero attached hydrogens (tertiary/aromatic N) is 2. The van der Waals surface area contributed by atoms with E-state index in [9.17, 15) is 0 Å². The van der Waals surface area contributed by atoms with Crippen LogP contribution in [0.15, 0.2) is 48.8 Å². The van der Waals surface area contributed by atoms with Crippen molar-refractivity contribution in [2.45, 2.75) is 19.3 Å². The van der Waals surface area contributed by atoms with E-state index >= 15 is 0 Å². The number of fused-ring (bicyclic) bond motifs is 1. The second-order valence-electron chi connectivity index (χ2n) is 3.45. The molecule has 0 unspecified atom stereocenters. The highest BCUT2D eigenvalue weighted by Crippen LogP contribution is 2.05. The molecule has 0 atom stereocenters. The minimum atomic E-state index is 0.949. The molecule has 0 spiro atoms. The smallest absolute Gasteiger partial charge is 0.0886 e. The third-order valence-electron chi connectivity index (χ3n) is 2.28. The topological polar surface area (TPSA) is 25.8 Å². The molecule has 2 heterocycles. The summed E-state index contributed by atoms with van der Waals surface area (Å²) in [4.78, 5) is 8.24. The molecule has 15 heavy (non-hydrogen) atoms. The monoisotopic (exact) mass is 198 g/mol. The van der Waals surface area contributed by atoms with Gasteiger partial charge in [0.05, 0.1) is 11.0 Å². The summed E-state index contributed by atoms with van der Waals surface area (Å²) >= 11 is 0. The summed E-state index contributed by atoms with van der Waals surface area (Å²) < 4.78 is 0. The molecular weight excluding hydrogens is 184 g/mol. The summed E-state index contributed by atoms with van der Waals surface area (Å²) in [6.07, 6.45) is 12.0. The van der Waals surface area contributed by atoms with Gasteiger partial charge in [-0.25, -0.2) is 0 Å². The zero-order valence-electron chi connectivity index (χ0n) is 8.63. The van der Waals surface area contributed by atoms with Crippen molar-refractivity contribution < 1.29 is 0 Å². The third kappa shape index (κ3) is 2.88. The minimum absolute atomic E-state index is 0.949. The minimum Gasteiger partial charge on any atom is -0.255 e. The summed E-state index contributed by atoms with van der Waals surface area (Å²) in [5, 5.41) is 0. The van der Waals surface area contributed by atoms with Crippen LogP contribution in [0.1, 0.15) is 19.3 Å². The van der Waals surface area contributed by atoms with Gasteiger partial charge in [-0.2, -0.15) is 0 Å². The molecule has 0 aromatic carbocycles. The lowest BCUT2D eigenvalue weighted by Crippen LogP contribution is -1.78. The van der Waals surface area contributed by atoms with Crippen LogP contribution in [0.2, 0.25) is 0 Å². The lowest BCUT2D eigenvalue weighted by atomic mass is 10.3. The number of hydrogen-bond acceptors (Lipinski definition) is 2. The fraction of sp³-hybridized carbons (Fsp3) is 0.231. The first kappa shape index (κ1) is 9.84. The van der Waals surface area contributed by atoms with Gasteiger partial charge in [0, 0.05) is 12.4 Å². The molecule has 0 amide bonds. The fourth-order valence-electron chi connectivity index (χ4n) is 1.49. The first-order valence-corrected chi connectivity index (χ1v) is 5.27. The molecule has 76 valence electrons. The van der Waals surface area contributed by atoms with Crippen LogP contribution < -0.4 is 0 Å². The third-order valence-corrected chi connectivity index (χ3v) is 2.28. The van der Waals surface area contributed by atoms with Crippen LogP contribution >= 0.6 is 0 Å². The fourth-order valence-corrected chi connectivity index (χ4v) is 1.49. The lowest BCUT2D eigenvalue weighted by Gasteiger charge is -1.90. The average Bonchev–Trinajstić information content (AvgIpc) is 2.88. The molecule has 2 aromatic heterocycles. The van der Waals surface area contributed by atoms with Gasteiger partial charge < -0.3 is 0 Å². The average molecular weight is 198 g/mol. The second kappa shape index (κ2) is 5.25. The summed E-state index contributed by atoms with van der Waals surface area (Å²) in [5.41, 5.74) is 1.90. The highest BCUT2D eigenvalue weighted by Gasteiger charge is 1.88. The molecule has 0 bridgehead atoms.